The van der Waals surface area contributed by atoms with Gasteiger partial charge in [-0.25, -0.2) is 4.98 Å². The van der Waals surface area contributed by atoms with Crippen molar-refractivity contribution in [2.24, 2.45) is 0 Å². The first-order valence-corrected chi connectivity index (χ1v) is 6.54. The highest BCUT2D eigenvalue weighted by molar-refractivity contribution is 5.92. The van der Waals surface area contributed by atoms with E-state index in [-0.39, 0.29) is 18.6 Å². The number of hydrogen-bond acceptors (Lipinski definition) is 5. The number of nitrogens with one attached hydrogen (secondary N) is 2. The summed E-state index contributed by atoms with van der Waals surface area (Å²) in [6.07, 6.45) is 1.73. The van der Waals surface area contributed by atoms with Crippen molar-refractivity contribution >= 4 is 11.6 Å². The third kappa shape index (κ3) is 3.65. The van der Waals surface area contributed by atoms with Gasteiger partial charge in [0.1, 0.15) is 5.69 Å². The van der Waals surface area contributed by atoms with Crippen LogP contribution in [0.4, 0.5) is 5.69 Å². The predicted molar refractivity (Wildman–Crippen MR) is 73.3 cm³/mol. The number of piperazine rings is 1. The summed E-state index contributed by atoms with van der Waals surface area (Å²) in [5, 5.41) is 14.9. The van der Waals surface area contributed by atoms with Gasteiger partial charge >= 0.3 is 0 Å². The van der Waals surface area contributed by atoms with Gasteiger partial charge in [0.15, 0.2) is 0 Å². The molecule has 1 aliphatic heterocycles. The lowest BCUT2D eigenvalue weighted by molar-refractivity contribution is 0.0917. The van der Waals surface area contributed by atoms with E-state index in [9.17, 15) is 4.79 Å². The van der Waals surface area contributed by atoms with Crippen LogP contribution in [0.5, 0.6) is 0 Å². The lowest BCUT2D eigenvalue weighted by Gasteiger charge is -2.29. The molecule has 0 aromatic carbocycles. The van der Waals surface area contributed by atoms with Crippen LogP contribution in [0.15, 0.2) is 18.3 Å². The van der Waals surface area contributed by atoms with E-state index < -0.39 is 0 Å². The van der Waals surface area contributed by atoms with E-state index in [1.165, 1.54) is 0 Å². The van der Waals surface area contributed by atoms with E-state index in [4.69, 9.17) is 5.11 Å². The standard InChI is InChI=1S/C13H20N4O2/c1-10(9-18)16-13(19)12-3-2-11(8-15-12)17-6-4-14-5-7-17/h2-3,8,10,14,18H,4-7,9H2,1H3,(H,16,19)/t10-/m0/s1. The van der Waals surface area contributed by atoms with E-state index in [0.717, 1.165) is 31.9 Å². The molecule has 19 heavy (non-hydrogen) atoms. The molecule has 104 valence electrons. The lowest BCUT2D eigenvalue weighted by Crippen LogP contribution is -2.43. The third-order valence-electron chi connectivity index (χ3n) is 3.11. The van der Waals surface area contributed by atoms with E-state index in [1.54, 1.807) is 19.2 Å². The smallest absolute Gasteiger partial charge is 0.270 e. The Morgan fingerprint density at radius 1 is 1.53 bits per heavy atom. The minimum atomic E-state index is -0.262. The number of pyridine rings is 1. The first-order valence-electron chi connectivity index (χ1n) is 6.54. The molecule has 0 aliphatic carbocycles. The number of rotatable bonds is 4. The summed E-state index contributed by atoms with van der Waals surface area (Å²) in [5.74, 6) is -0.256. The average molecular weight is 264 g/mol. The van der Waals surface area contributed by atoms with Crippen molar-refractivity contribution in [3.05, 3.63) is 24.0 Å². The van der Waals surface area contributed by atoms with Crippen LogP contribution in [0.2, 0.25) is 0 Å². The van der Waals surface area contributed by atoms with Gasteiger partial charge in [0.2, 0.25) is 0 Å². The number of anilines is 1. The molecule has 1 atom stereocenters. The highest BCUT2D eigenvalue weighted by Crippen LogP contribution is 2.13. The zero-order valence-corrected chi connectivity index (χ0v) is 11.1. The number of aliphatic hydroxyl groups excluding tert-OH is 1. The number of nitrogens with zero attached hydrogens (tertiary/aromatic N) is 2. The van der Waals surface area contributed by atoms with Crippen molar-refractivity contribution in [2.75, 3.05) is 37.7 Å². The van der Waals surface area contributed by atoms with Gasteiger partial charge < -0.3 is 20.6 Å². The minimum absolute atomic E-state index is 0.0788. The van der Waals surface area contributed by atoms with Crippen LogP contribution < -0.4 is 15.5 Å². The van der Waals surface area contributed by atoms with Crippen LogP contribution in [0.3, 0.4) is 0 Å². The molecule has 6 nitrogen and oxygen atoms in total. The maximum Gasteiger partial charge on any atom is 0.270 e. The van der Waals surface area contributed by atoms with Crippen LogP contribution in [0.1, 0.15) is 17.4 Å². The number of aromatic nitrogens is 1. The number of amides is 1. The lowest BCUT2D eigenvalue weighted by atomic mass is 10.2. The Labute approximate surface area is 112 Å². The monoisotopic (exact) mass is 264 g/mol. The van der Waals surface area contributed by atoms with Gasteiger partial charge in [-0.1, -0.05) is 0 Å². The highest BCUT2D eigenvalue weighted by Gasteiger charge is 2.13. The van der Waals surface area contributed by atoms with Gasteiger partial charge in [0.05, 0.1) is 18.5 Å². The Balaban J connectivity index is 1.99. The van der Waals surface area contributed by atoms with E-state index in [0.29, 0.717) is 5.69 Å². The fourth-order valence-corrected chi connectivity index (χ4v) is 1.97. The van der Waals surface area contributed by atoms with Crippen molar-refractivity contribution in [3.63, 3.8) is 0 Å². The van der Waals surface area contributed by atoms with Gasteiger partial charge in [-0.2, -0.15) is 0 Å². The molecular formula is C13H20N4O2. The molecule has 0 spiro atoms. The molecule has 3 N–H and O–H groups in total. The maximum absolute atomic E-state index is 11.8. The molecule has 2 heterocycles. The van der Waals surface area contributed by atoms with Gasteiger partial charge in [-0.15, -0.1) is 0 Å². The quantitative estimate of drug-likeness (QED) is 0.690. The molecular weight excluding hydrogens is 244 g/mol. The molecule has 2 rings (SSSR count). The van der Waals surface area contributed by atoms with Gasteiger partial charge in [-0.3, -0.25) is 4.79 Å². The summed E-state index contributed by atoms with van der Waals surface area (Å²) in [5.41, 5.74) is 1.41. The molecule has 1 saturated heterocycles. The fourth-order valence-electron chi connectivity index (χ4n) is 1.97. The molecule has 6 heteroatoms. The first kappa shape index (κ1) is 13.8. The van der Waals surface area contributed by atoms with Crippen LogP contribution in [-0.2, 0) is 0 Å². The maximum atomic E-state index is 11.8. The predicted octanol–water partition coefficient (Wildman–Crippen LogP) is -0.398. The molecule has 1 aromatic rings. The van der Waals surface area contributed by atoms with Gasteiger partial charge in [0, 0.05) is 32.2 Å². The summed E-state index contributed by atoms with van der Waals surface area (Å²) in [6.45, 7) is 5.51. The molecule has 0 unspecified atom stereocenters. The summed E-state index contributed by atoms with van der Waals surface area (Å²) >= 11 is 0. The largest absolute Gasteiger partial charge is 0.394 e. The van der Waals surface area contributed by atoms with Crippen LogP contribution in [0.25, 0.3) is 0 Å². The fraction of sp³-hybridized carbons (Fsp3) is 0.538. The van der Waals surface area contributed by atoms with Crippen LogP contribution in [-0.4, -0.2) is 54.8 Å². The number of hydrogen-bond donors (Lipinski definition) is 3. The summed E-state index contributed by atoms with van der Waals surface area (Å²) in [7, 11) is 0. The Morgan fingerprint density at radius 2 is 2.26 bits per heavy atom. The SMILES string of the molecule is C[C@@H](CO)NC(=O)c1ccc(N2CCNCC2)cn1. The van der Waals surface area contributed by atoms with Crippen molar-refractivity contribution in [2.45, 2.75) is 13.0 Å². The second-order valence-corrected chi connectivity index (χ2v) is 4.70. The second-order valence-electron chi connectivity index (χ2n) is 4.70. The van der Waals surface area contributed by atoms with E-state index >= 15 is 0 Å². The third-order valence-corrected chi connectivity index (χ3v) is 3.11. The zero-order valence-electron chi connectivity index (χ0n) is 11.1. The molecule has 0 radical (unpaired) electrons. The van der Waals surface area contributed by atoms with Crippen molar-refractivity contribution in [1.82, 2.24) is 15.6 Å². The number of aliphatic hydroxyl groups is 1. The Bertz CT molecular complexity index is 415. The first-order chi connectivity index (χ1) is 9.20. The zero-order chi connectivity index (χ0) is 13.7. The van der Waals surface area contributed by atoms with E-state index in [1.807, 2.05) is 6.07 Å². The number of carbonyl (C=O) groups is 1. The minimum Gasteiger partial charge on any atom is -0.394 e. The number of carbonyl (C=O) groups excluding carboxylic acids is 1. The normalized spacial score (nSPS) is 17.1. The topological polar surface area (TPSA) is 77.5 Å². The van der Waals surface area contributed by atoms with Crippen LogP contribution >= 0.6 is 0 Å². The highest BCUT2D eigenvalue weighted by atomic mass is 16.3. The van der Waals surface area contributed by atoms with Crippen LogP contribution in [0, 0.1) is 0 Å². The molecule has 1 aliphatic rings. The molecule has 0 saturated carbocycles. The van der Waals surface area contributed by atoms with Crippen molar-refractivity contribution < 1.29 is 9.90 Å². The molecule has 0 bridgehead atoms. The molecule has 1 aromatic heterocycles. The Morgan fingerprint density at radius 3 is 2.84 bits per heavy atom. The summed E-state index contributed by atoms with van der Waals surface area (Å²) < 4.78 is 0. The Hall–Kier alpha value is -1.66. The molecule has 1 amide bonds. The van der Waals surface area contributed by atoms with Crippen molar-refractivity contribution in [3.8, 4) is 0 Å². The summed E-state index contributed by atoms with van der Waals surface area (Å²) in [4.78, 5) is 18.2. The van der Waals surface area contributed by atoms with Gasteiger partial charge in [0.25, 0.3) is 5.91 Å². The van der Waals surface area contributed by atoms with E-state index in [2.05, 4.69) is 20.5 Å². The second kappa shape index (κ2) is 6.49. The summed E-state index contributed by atoms with van der Waals surface area (Å²) in [6, 6.07) is 3.37. The van der Waals surface area contributed by atoms with Gasteiger partial charge in [-0.05, 0) is 19.1 Å². The Kier molecular flexibility index (Phi) is 4.70. The van der Waals surface area contributed by atoms with Crippen molar-refractivity contribution in [1.29, 1.82) is 0 Å². The molecule has 1 fully saturated rings. The average Bonchev–Trinajstić information content (AvgIpc) is 2.48.